The zero-order valence-electron chi connectivity index (χ0n) is 31.5. The quantitative estimate of drug-likeness (QED) is 0.0287. The highest BCUT2D eigenvalue weighted by Gasteiger charge is 2.25. The molecule has 0 fully saturated rings. The second-order valence-electron chi connectivity index (χ2n) is 12.0. The molecular formula is C41H68NO8P. The van der Waals surface area contributed by atoms with Crippen LogP contribution in [-0.4, -0.2) is 49.3 Å². The highest BCUT2D eigenvalue weighted by atomic mass is 31.2. The van der Waals surface area contributed by atoms with Crippen molar-refractivity contribution in [1.82, 2.24) is 0 Å². The second kappa shape index (κ2) is 37.0. The fourth-order valence-electron chi connectivity index (χ4n) is 4.52. The lowest BCUT2D eigenvalue weighted by atomic mass is 10.1. The minimum absolute atomic E-state index is 0.0390. The van der Waals surface area contributed by atoms with Crippen LogP contribution in [0.2, 0.25) is 0 Å². The molecule has 0 aromatic rings. The van der Waals surface area contributed by atoms with Gasteiger partial charge in [0.1, 0.15) is 6.61 Å². The van der Waals surface area contributed by atoms with E-state index in [9.17, 15) is 19.0 Å². The van der Waals surface area contributed by atoms with Crippen LogP contribution in [0.1, 0.15) is 129 Å². The Labute approximate surface area is 309 Å². The number of carbonyl (C=O) groups is 2. The number of hydrogen-bond donors (Lipinski definition) is 2. The zero-order valence-corrected chi connectivity index (χ0v) is 32.4. The summed E-state index contributed by atoms with van der Waals surface area (Å²) in [7, 11) is -4.39. The third kappa shape index (κ3) is 36.8. The fraction of sp³-hybridized carbons (Fsp3) is 0.610. The first kappa shape index (κ1) is 48.2. The molecule has 0 saturated carbocycles. The van der Waals surface area contributed by atoms with E-state index >= 15 is 0 Å². The van der Waals surface area contributed by atoms with Gasteiger partial charge in [-0.1, -0.05) is 118 Å². The molecule has 0 bridgehead atoms. The van der Waals surface area contributed by atoms with Crippen LogP contribution < -0.4 is 5.73 Å². The molecule has 9 nitrogen and oxygen atoms in total. The van der Waals surface area contributed by atoms with Crippen LogP contribution in [0.25, 0.3) is 0 Å². The molecule has 0 aromatic heterocycles. The molecule has 10 heteroatoms. The van der Waals surface area contributed by atoms with Gasteiger partial charge >= 0.3 is 19.8 Å². The van der Waals surface area contributed by atoms with Gasteiger partial charge in [-0.15, -0.1) is 0 Å². The van der Waals surface area contributed by atoms with Crippen LogP contribution in [0.5, 0.6) is 0 Å². The lowest BCUT2D eigenvalue weighted by molar-refractivity contribution is -0.161. The summed E-state index contributed by atoms with van der Waals surface area (Å²) in [6, 6.07) is 0. The average Bonchev–Trinajstić information content (AvgIpc) is 3.11. The monoisotopic (exact) mass is 733 g/mol. The van der Waals surface area contributed by atoms with Crippen molar-refractivity contribution >= 4 is 19.8 Å². The molecule has 0 radical (unpaired) electrons. The smallest absolute Gasteiger partial charge is 0.462 e. The van der Waals surface area contributed by atoms with Gasteiger partial charge in [0.2, 0.25) is 0 Å². The summed E-state index contributed by atoms with van der Waals surface area (Å²) in [6.07, 6.45) is 44.7. The van der Waals surface area contributed by atoms with Crippen LogP contribution in [0.3, 0.4) is 0 Å². The van der Waals surface area contributed by atoms with E-state index in [-0.39, 0.29) is 32.6 Å². The summed E-state index contributed by atoms with van der Waals surface area (Å²) < 4.78 is 32.6. The van der Waals surface area contributed by atoms with Gasteiger partial charge in [0.05, 0.1) is 13.2 Å². The summed E-state index contributed by atoms with van der Waals surface area (Å²) in [5.74, 6) is -0.909. The number of hydrogen-bond acceptors (Lipinski definition) is 8. The van der Waals surface area contributed by atoms with Crippen molar-refractivity contribution in [3.05, 3.63) is 85.1 Å². The maximum atomic E-state index is 12.5. The van der Waals surface area contributed by atoms with E-state index in [0.29, 0.717) is 12.8 Å². The Bertz CT molecular complexity index is 1110. The third-order valence-corrected chi connectivity index (χ3v) is 8.26. The number of phosphoric ester groups is 1. The van der Waals surface area contributed by atoms with Crippen LogP contribution >= 0.6 is 7.82 Å². The first-order chi connectivity index (χ1) is 24.8. The lowest BCUT2D eigenvalue weighted by Gasteiger charge is -2.19. The first-order valence-electron chi connectivity index (χ1n) is 19.1. The minimum Gasteiger partial charge on any atom is -0.462 e. The Balaban J connectivity index is 4.35. The number of phosphoric acid groups is 1. The van der Waals surface area contributed by atoms with Gasteiger partial charge in [0, 0.05) is 19.4 Å². The summed E-state index contributed by atoms with van der Waals surface area (Å²) >= 11 is 0. The third-order valence-electron chi connectivity index (χ3n) is 7.28. The van der Waals surface area contributed by atoms with E-state index < -0.39 is 32.5 Å². The Morgan fingerprint density at radius 2 is 1.02 bits per heavy atom. The number of ether oxygens (including phenoxy) is 2. The molecular weight excluding hydrogens is 665 g/mol. The molecule has 0 rings (SSSR count). The maximum Gasteiger partial charge on any atom is 0.472 e. The van der Waals surface area contributed by atoms with Crippen LogP contribution in [-0.2, 0) is 32.7 Å². The zero-order chi connectivity index (χ0) is 37.5. The van der Waals surface area contributed by atoms with Crippen LogP contribution in [0.4, 0.5) is 0 Å². The van der Waals surface area contributed by atoms with E-state index in [1.807, 2.05) is 0 Å². The van der Waals surface area contributed by atoms with Crippen molar-refractivity contribution in [2.45, 2.75) is 136 Å². The van der Waals surface area contributed by atoms with E-state index in [0.717, 1.165) is 89.9 Å². The van der Waals surface area contributed by atoms with Crippen molar-refractivity contribution < 1.29 is 37.6 Å². The molecule has 290 valence electrons. The SMILES string of the molecule is CCC=CCC=CCC=CCC=CCCCCC(=O)O[C@H](COC(=O)CCCCCCCC=CCC=CCC=CCC)COP(=O)(O)OCCN. The standard InChI is InChI=1S/C41H68NO8P/c1-3-5-7-9-11-13-15-17-19-21-23-25-27-29-31-33-40(43)47-37-39(38-49-51(45,46)48-36-35-42)50-41(44)34-32-30-28-26-24-22-20-18-16-14-12-10-8-6-4-2/h5-8,11-14,17-20,24,26,39H,3-4,9-10,15-16,21-23,25,27-38,42H2,1-2H3,(H,45,46)/t39-/m1/s1. The van der Waals surface area contributed by atoms with Gasteiger partial charge in [-0.3, -0.25) is 18.6 Å². The van der Waals surface area contributed by atoms with Gasteiger partial charge in [-0.2, -0.15) is 0 Å². The summed E-state index contributed by atoms with van der Waals surface area (Å²) in [4.78, 5) is 34.7. The predicted molar refractivity (Wildman–Crippen MR) is 210 cm³/mol. The number of allylic oxidation sites excluding steroid dienone is 14. The molecule has 0 aliphatic heterocycles. The number of rotatable bonds is 34. The number of nitrogens with two attached hydrogens (primary N) is 1. The molecule has 1 unspecified atom stereocenters. The van der Waals surface area contributed by atoms with Gasteiger partial charge in [-0.25, -0.2) is 4.57 Å². The molecule has 3 N–H and O–H groups in total. The largest absolute Gasteiger partial charge is 0.472 e. The fourth-order valence-corrected chi connectivity index (χ4v) is 5.28. The second-order valence-corrected chi connectivity index (χ2v) is 13.5. The number of unbranched alkanes of at least 4 members (excludes halogenated alkanes) is 7. The molecule has 0 aromatic carbocycles. The van der Waals surface area contributed by atoms with Crippen molar-refractivity contribution in [1.29, 1.82) is 0 Å². The van der Waals surface area contributed by atoms with Crippen LogP contribution in [0, 0.1) is 0 Å². The van der Waals surface area contributed by atoms with Crippen molar-refractivity contribution in [3.8, 4) is 0 Å². The van der Waals surface area contributed by atoms with Crippen molar-refractivity contribution in [3.63, 3.8) is 0 Å². The molecule has 2 atom stereocenters. The van der Waals surface area contributed by atoms with Crippen molar-refractivity contribution in [2.24, 2.45) is 5.73 Å². The molecule has 0 aliphatic carbocycles. The lowest BCUT2D eigenvalue weighted by Crippen LogP contribution is -2.29. The number of esters is 2. The minimum atomic E-state index is -4.39. The predicted octanol–water partition coefficient (Wildman–Crippen LogP) is 10.5. The Morgan fingerprint density at radius 3 is 1.55 bits per heavy atom. The van der Waals surface area contributed by atoms with Gasteiger partial charge in [0.25, 0.3) is 0 Å². The Morgan fingerprint density at radius 1 is 0.588 bits per heavy atom. The molecule has 0 saturated heterocycles. The summed E-state index contributed by atoms with van der Waals surface area (Å²) in [6.45, 7) is 3.40. The van der Waals surface area contributed by atoms with Crippen LogP contribution in [0.15, 0.2) is 85.1 Å². The molecule has 0 heterocycles. The Kier molecular flexibility index (Phi) is 34.9. The highest BCUT2D eigenvalue weighted by Crippen LogP contribution is 2.43. The highest BCUT2D eigenvalue weighted by molar-refractivity contribution is 7.47. The Hall–Kier alpha value is -2.81. The maximum absolute atomic E-state index is 12.5. The number of carbonyl (C=O) groups excluding carboxylic acids is 2. The van der Waals surface area contributed by atoms with E-state index in [4.69, 9.17) is 24.3 Å². The summed E-state index contributed by atoms with van der Waals surface area (Å²) in [5, 5.41) is 0. The average molecular weight is 734 g/mol. The molecule has 0 spiro atoms. The van der Waals surface area contributed by atoms with Gasteiger partial charge in [-0.05, 0) is 83.5 Å². The molecule has 51 heavy (non-hydrogen) atoms. The van der Waals surface area contributed by atoms with Gasteiger partial charge < -0.3 is 20.1 Å². The summed E-state index contributed by atoms with van der Waals surface area (Å²) in [5.41, 5.74) is 5.33. The van der Waals surface area contributed by atoms with Gasteiger partial charge in [0.15, 0.2) is 6.10 Å². The topological polar surface area (TPSA) is 134 Å². The normalized spacial score (nSPS) is 14.4. The van der Waals surface area contributed by atoms with Crippen molar-refractivity contribution in [2.75, 3.05) is 26.4 Å². The molecule has 0 amide bonds. The first-order valence-corrected chi connectivity index (χ1v) is 20.6. The van der Waals surface area contributed by atoms with E-state index in [1.54, 1.807) is 0 Å². The van der Waals surface area contributed by atoms with E-state index in [1.165, 1.54) is 0 Å². The molecule has 0 aliphatic rings. The van der Waals surface area contributed by atoms with E-state index in [2.05, 4.69) is 98.9 Å².